The van der Waals surface area contributed by atoms with Gasteiger partial charge in [0.25, 0.3) is 0 Å². The van der Waals surface area contributed by atoms with E-state index in [2.05, 4.69) is 66.0 Å². The van der Waals surface area contributed by atoms with Crippen LogP contribution in [0.3, 0.4) is 0 Å². The Morgan fingerprint density at radius 3 is 1.91 bits per heavy atom. The summed E-state index contributed by atoms with van der Waals surface area (Å²) in [5.74, 6) is 2.67. The van der Waals surface area contributed by atoms with Crippen molar-refractivity contribution in [1.29, 1.82) is 0 Å². The molecule has 8 aromatic rings. The highest BCUT2D eigenvalue weighted by molar-refractivity contribution is 6.12. The van der Waals surface area contributed by atoms with Crippen molar-refractivity contribution in [2.24, 2.45) is 0 Å². The molecule has 1 aliphatic rings. The third-order valence-corrected chi connectivity index (χ3v) is 8.23. The summed E-state index contributed by atoms with van der Waals surface area (Å²) in [6.07, 6.45) is 4.01. The van der Waals surface area contributed by atoms with E-state index in [1.54, 1.807) is 0 Å². The molecule has 0 unspecified atom stereocenters. The number of aromatic nitrogens is 3. The number of hydrogen-bond donors (Lipinski definition) is 1. The van der Waals surface area contributed by atoms with Crippen molar-refractivity contribution in [3.05, 3.63) is 133 Å². The van der Waals surface area contributed by atoms with Gasteiger partial charge >= 0.3 is 0 Å². The minimum Gasteiger partial charge on any atom is -0.459 e. The highest BCUT2D eigenvalue weighted by Gasteiger charge is 2.22. The first-order chi connectivity index (χ1) is 21.8. The molecule has 0 saturated heterocycles. The van der Waals surface area contributed by atoms with E-state index in [9.17, 15) is 0 Å². The second-order valence-corrected chi connectivity index (χ2v) is 10.9. The van der Waals surface area contributed by atoms with Gasteiger partial charge in [0.2, 0.25) is 0 Å². The monoisotopic (exact) mass is 568 g/mol. The van der Waals surface area contributed by atoms with E-state index in [-0.39, 0.29) is 0 Å². The number of rotatable bonds is 4. The van der Waals surface area contributed by atoms with Crippen LogP contribution in [-0.4, -0.2) is 15.0 Å². The van der Waals surface area contributed by atoms with Gasteiger partial charge in [-0.15, -0.1) is 0 Å². The first-order valence-corrected chi connectivity index (χ1v) is 14.6. The minimum absolute atomic E-state index is 0.584. The number of fused-ring (bicyclic) bond motifs is 6. The van der Waals surface area contributed by atoms with E-state index in [1.165, 1.54) is 0 Å². The smallest absolute Gasteiger partial charge is 0.164 e. The van der Waals surface area contributed by atoms with E-state index >= 15 is 0 Å². The van der Waals surface area contributed by atoms with Gasteiger partial charge in [-0.05, 0) is 41.6 Å². The molecule has 1 aliphatic heterocycles. The molecule has 3 aromatic heterocycles. The molecule has 0 bridgehead atoms. The van der Waals surface area contributed by atoms with Gasteiger partial charge in [-0.2, -0.15) is 0 Å². The molecule has 6 nitrogen and oxygen atoms in total. The summed E-state index contributed by atoms with van der Waals surface area (Å²) in [6.45, 7) is 0.636. The first-order valence-electron chi connectivity index (χ1n) is 14.6. The molecule has 44 heavy (non-hydrogen) atoms. The SMILES string of the molecule is C1=Cc2c(oc3cccc(-c4nc(-c5ccc(-c6ccccc6)cc5)nc(-c5cccc6oc7ccccc7c56)n4)c23)CN1. The van der Waals surface area contributed by atoms with Crippen LogP contribution in [0, 0.1) is 0 Å². The molecule has 0 aliphatic carbocycles. The van der Waals surface area contributed by atoms with E-state index in [0.717, 1.165) is 72.0 Å². The van der Waals surface area contributed by atoms with E-state index in [0.29, 0.717) is 24.0 Å². The number of nitrogens with zero attached hydrogens (tertiary/aromatic N) is 3. The lowest BCUT2D eigenvalue weighted by atomic mass is 10.0. The lowest BCUT2D eigenvalue weighted by Crippen LogP contribution is -2.08. The van der Waals surface area contributed by atoms with Gasteiger partial charge in [-0.1, -0.05) is 97.1 Å². The highest BCUT2D eigenvalue weighted by atomic mass is 16.3. The number of hydrogen-bond acceptors (Lipinski definition) is 6. The zero-order valence-corrected chi connectivity index (χ0v) is 23.5. The van der Waals surface area contributed by atoms with Crippen molar-refractivity contribution in [3.63, 3.8) is 0 Å². The van der Waals surface area contributed by atoms with E-state index < -0.39 is 0 Å². The van der Waals surface area contributed by atoms with Crippen LogP contribution in [0.4, 0.5) is 0 Å². The lowest BCUT2D eigenvalue weighted by Gasteiger charge is -2.11. The van der Waals surface area contributed by atoms with Crippen molar-refractivity contribution in [2.75, 3.05) is 0 Å². The van der Waals surface area contributed by atoms with Crippen molar-refractivity contribution in [1.82, 2.24) is 20.3 Å². The Kier molecular flexibility index (Phi) is 5.46. The molecule has 6 heteroatoms. The Bertz CT molecular complexity index is 2390. The van der Waals surface area contributed by atoms with Crippen LogP contribution in [0.15, 0.2) is 130 Å². The zero-order chi connectivity index (χ0) is 29.0. The summed E-state index contributed by atoms with van der Waals surface area (Å²) in [4.78, 5) is 15.3. The molecule has 9 rings (SSSR count). The van der Waals surface area contributed by atoms with Crippen LogP contribution in [0.2, 0.25) is 0 Å². The zero-order valence-electron chi connectivity index (χ0n) is 23.5. The average Bonchev–Trinajstić information content (AvgIpc) is 3.67. The molecule has 0 atom stereocenters. The third kappa shape index (κ3) is 3.92. The largest absolute Gasteiger partial charge is 0.459 e. The van der Waals surface area contributed by atoms with Crippen LogP contribution >= 0.6 is 0 Å². The van der Waals surface area contributed by atoms with Crippen LogP contribution in [0.5, 0.6) is 0 Å². The topological polar surface area (TPSA) is 77.0 Å². The van der Waals surface area contributed by atoms with Gasteiger partial charge < -0.3 is 14.2 Å². The standard InChI is InChI=1S/C38H24N4O2/c1-2-8-23(9-3-1)24-16-18-25(19-17-24)36-40-37(28-11-6-14-31-34(28)26-10-4-5-13-30(26)43-31)42-38(41-36)29-12-7-15-32-35(29)27-20-21-39-22-33(27)44-32/h1-21,39H,22H2. The van der Waals surface area contributed by atoms with Crippen molar-refractivity contribution >= 4 is 39.0 Å². The Balaban J connectivity index is 1.29. The molecule has 1 N–H and O–H groups in total. The average molecular weight is 569 g/mol. The van der Waals surface area contributed by atoms with Gasteiger partial charge in [0.05, 0.1) is 6.54 Å². The highest BCUT2D eigenvalue weighted by Crippen LogP contribution is 2.39. The lowest BCUT2D eigenvalue weighted by molar-refractivity contribution is 0.532. The molecule has 0 fully saturated rings. The Labute approximate surface area is 252 Å². The number of para-hydroxylation sites is 1. The van der Waals surface area contributed by atoms with Crippen LogP contribution < -0.4 is 5.32 Å². The molecule has 0 saturated carbocycles. The quantitative estimate of drug-likeness (QED) is 0.228. The maximum Gasteiger partial charge on any atom is 0.164 e. The first kappa shape index (κ1) is 24.6. The van der Waals surface area contributed by atoms with E-state index in [4.69, 9.17) is 23.8 Å². The summed E-state index contributed by atoms with van der Waals surface area (Å²) in [5, 5.41) is 6.25. The molecular weight excluding hydrogens is 544 g/mol. The Hall–Kier alpha value is -6.01. The van der Waals surface area contributed by atoms with E-state index in [1.807, 2.05) is 66.9 Å². The molecular formula is C38H24N4O2. The maximum atomic E-state index is 6.24. The molecule has 0 radical (unpaired) electrons. The second kappa shape index (κ2) is 9.78. The van der Waals surface area contributed by atoms with Gasteiger partial charge in [0.1, 0.15) is 22.5 Å². The maximum absolute atomic E-state index is 6.24. The van der Waals surface area contributed by atoms with Crippen molar-refractivity contribution in [3.8, 4) is 45.3 Å². The summed E-state index contributed by atoms with van der Waals surface area (Å²) in [5.41, 5.74) is 8.47. The fraction of sp³-hybridized carbons (Fsp3) is 0.0263. The van der Waals surface area contributed by atoms with Gasteiger partial charge in [0.15, 0.2) is 17.5 Å². The fourth-order valence-corrected chi connectivity index (χ4v) is 6.16. The normalized spacial score (nSPS) is 12.5. The second-order valence-electron chi connectivity index (χ2n) is 10.9. The summed E-state index contributed by atoms with van der Waals surface area (Å²) < 4.78 is 12.4. The van der Waals surface area contributed by atoms with Crippen LogP contribution in [-0.2, 0) is 6.54 Å². The summed E-state index contributed by atoms with van der Waals surface area (Å²) in [7, 11) is 0. The molecule has 0 spiro atoms. The number of furan rings is 2. The van der Waals surface area contributed by atoms with Gasteiger partial charge in [-0.3, -0.25) is 0 Å². The minimum atomic E-state index is 0.584. The predicted molar refractivity (Wildman–Crippen MR) is 174 cm³/mol. The van der Waals surface area contributed by atoms with Gasteiger partial charge in [0, 0.05) is 38.4 Å². The van der Waals surface area contributed by atoms with Crippen LogP contribution in [0.25, 0.3) is 84.3 Å². The molecule has 208 valence electrons. The predicted octanol–water partition coefficient (Wildman–Crippen LogP) is 9.26. The van der Waals surface area contributed by atoms with Gasteiger partial charge in [-0.25, -0.2) is 15.0 Å². The van der Waals surface area contributed by atoms with Crippen molar-refractivity contribution < 1.29 is 8.83 Å². The third-order valence-electron chi connectivity index (χ3n) is 8.23. The Morgan fingerprint density at radius 2 is 1.11 bits per heavy atom. The molecule has 0 amide bonds. The fourth-order valence-electron chi connectivity index (χ4n) is 6.16. The number of benzene rings is 5. The summed E-state index contributed by atoms with van der Waals surface area (Å²) >= 11 is 0. The molecule has 4 heterocycles. The van der Waals surface area contributed by atoms with Crippen molar-refractivity contribution in [2.45, 2.75) is 6.54 Å². The summed E-state index contributed by atoms with van der Waals surface area (Å²) in [6, 6.07) is 38.9. The van der Waals surface area contributed by atoms with Crippen LogP contribution in [0.1, 0.15) is 11.3 Å². The molecule has 5 aromatic carbocycles. The Morgan fingerprint density at radius 1 is 0.500 bits per heavy atom. The number of nitrogens with one attached hydrogen (secondary N) is 1.